The molecule has 1 unspecified atom stereocenters. The minimum absolute atomic E-state index is 0.0973. The van der Waals surface area contributed by atoms with Crippen LogP contribution in [0.15, 0.2) is 5.38 Å². The van der Waals surface area contributed by atoms with Gasteiger partial charge < -0.3 is 10.6 Å². The molecule has 0 radical (unpaired) electrons. The third kappa shape index (κ3) is 4.03. The first kappa shape index (κ1) is 15.0. The molecule has 0 aromatic carbocycles. The van der Waals surface area contributed by atoms with Gasteiger partial charge in [0.2, 0.25) is 11.8 Å². The van der Waals surface area contributed by atoms with Crippen LogP contribution < -0.4 is 10.6 Å². The molecule has 1 atom stereocenters. The summed E-state index contributed by atoms with van der Waals surface area (Å²) in [6, 6.07) is -0.406. The van der Waals surface area contributed by atoms with E-state index in [1.165, 1.54) is 18.3 Å². The maximum absolute atomic E-state index is 12.3. The van der Waals surface area contributed by atoms with E-state index in [2.05, 4.69) is 15.6 Å². The molecule has 0 bridgehead atoms. The maximum atomic E-state index is 12.3. The first-order chi connectivity index (χ1) is 9.56. The monoisotopic (exact) mass is 295 g/mol. The van der Waals surface area contributed by atoms with Crippen molar-refractivity contribution in [3.63, 3.8) is 0 Å². The molecule has 1 saturated carbocycles. The maximum Gasteiger partial charge on any atom is 0.243 e. The van der Waals surface area contributed by atoms with Gasteiger partial charge in [-0.15, -0.1) is 11.3 Å². The minimum atomic E-state index is -0.406. The van der Waals surface area contributed by atoms with Gasteiger partial charge in [-0.1, -0.05) is 12.8 Å². The molecule has 1 aromatic rings. The summed E-state index contributed by atoms with van der Waals surface area (Å²) in [4.78, 5) is 27.9. The minimum Gasteiger partial charge on any atom is -0.348 e. The van der Waals surface area contributed by atoms with Crippen LogP contribution in [0.1, 0.15) is 43.3 Å². The number of nitrogens with one attached hydrogen (secondary N) is 2. The Bertz CT molecular complexity index is 481. The van der Waals surface area contributed by atoms with Gasteiger partial charge >= 0.3 is 0 Å². The molecule has 0 spiro atoms. The number of thiazole rings is 1. The molecular weight excluding hydrogens is 274 g/mol. The van der Waals surface area contributed by atoms with Gasteiger partial charge in [0.15, 0.2) is 0 Å². The van der Waals surface area contributed by atoms with Gasteiger partial charge in [-0.05, 0) is 25.7 Å². The van der Waals surface area contributed by atoms with Crippen LogP contribution in [-0.2, 0) is 16.1 Å². The molecule has 2 N–H and O–H groups in total. The number of hydrogen-bond acceptors (Lipinski definition) is 4. The van der Waals surface area contributed by atoms with Gasteiger partial charge in [0.1, 0.15) is 11.0 Å². The van der Waals surface area contributed by atoms with Crippen molar-refractivity contribution in [3.05, 3.63) is 16.1 Å². The summed E-state index contributed by atoms with van der Waals surface area (Å²) >= 11 is 1.54. The second-order valence-corrected chi connectivity index (χ2v) is 6.27. The van der Waals surface area contributed by atoms with Crippen LogP contribution in [-0.4, -0.2) is 22.8 Å². The Morgan fingerprint density at radius 1 is 1.45 bits per heavy atom. The zero-order valence-electron chi connectivity index (χ0n) is 11.9. The number of carbonyl (C=O) groups is 2. The topological polar surface area (TPSA) is 71.1 Å². The highest BCUT2D eigenvalue weighted by molar-refractivity contribution is 7.09. The van der Waals surface area contributed by atoms with E-state index in [4.69, 9.17) is 0 Å². The Balaban J connectivity index is 1.93. The Labute approximate surface area is 123 Å². The van der Waals surface area contributed by atoms with Crippen molar-refractivity contribution in [1.82, 2.24) is 15.6 Å². The highest BCUT2D eigenvalue weighted by Gasteiger charge is 2.31. The second kappa shape index (κ2) is 6.83. The molecule has 0 aliphatic heterocycles. The molecule has 20 heavy (non-hydrogen) atoms. The number of aryl methyl sites for hydroxylation is 1. The molecule has 1 aromatic heterocycles. The van der Waals surface area contributed by atoms with Gasteiger partial charge in [-0.25, -0.2) is 4.98 Å². The van der Waals surface area contributed by atoms with Crippen molar-refractivity contribution in [3.8, 4) is 0 Å². The van der Waals surface area contributed by atoms with E-state index in [1.54, 1.807) is 0 Å². The summed E-state index contributed by atoms with van der Waals surface area (Å²) in [5, 5.41) is 8.54. The van der Waals surface area contributed by atoms with E-state index in [9.17, 15) is 9.59 Å². The number of nitrogens with zero attached hydrogens (tertiary/aromatic N) is 1. The van der Waals surface area contributed by atoms with Crippen LogP contribution in [0, 0.1) is 12.8 Å². The fraction of sp³-hybridized carbons (Fsp3) is 0.643. The van der Waals surface area contributed by atoms with Crippen LogP contribution in [0.5, 0.6) is 0 Å². The number of carbonyl (C=O) groups excluding carboxylic acids is 2. The fourth-order valence-corrected chi connectivity index (χ4v) is 3.38. The lowest BCUT2D eigenvalue weighted by molar-refractivity contribution is -0.129. The summed E-state index contributed by atoms with van der Waals surface area (Å²) in [5.41, 5.74) is 0.966. The highest BCUT2D eigenvalue weighted by Crippen LogP contribution is 2.28. The number of aromatic nitrogens is 1. The van der Waals surface area contributed by atoms with Gasteiger partial charge in [0.25, 0.3) is 0 Å². The van der Waals surface area contributed by atoms with Gasteiger partial charge in [-0.2, -0.15) is 0 Å². The summed E-state index contributed by atoms with van der Waals surface area (Å²) in [5.74, 6) is 0.0130. The molecule has 1 aliphatic carbocycles. The molecule has 2 amide bonds. The van der Waals surface area contributed by atoms with E-state index in [0.29, 0.717) is 6.54 Å². The molecule has 110 valence electrons. The molecule has 6 heteroatoms. The van der Waals surface area contributed by atoms with Crippen molar-refractivity contribution in [1.29, 1.82) is 0 Å². The molecule has 2 rings (SSSR count). The van der Waals surface area contributed by atoms with Gasteiger partial charge in [-0.3, -0.25) is 9.59 Å². The van der Waals surface area contributed by atoms with Crippen LogP contribution in [0.4, 0.5) is 0 Å². The predicted octanol–water partition coefficient (Wildman–Crippen LogP) is 1.76. The molecule has 0 saturated heterocycles. The summed E-state index contributed by atoms with van der Waals surface area (Å²) in [6.45, 7) is 3.82. The SMILES string of the molecule is CC(=O)NC(C(=O)NCc1nc(C)cs1)C1CCCC1. The summed E-state index contributed by atoms with van der Waals surface area (Å²) in [6.07, 6.45) is 4.29. The predicted molar refractivity (Wildman–Crippen MR) is 78.3 cm³/mol. The first-order valence-electron chi connectivity index (χ1n) is 7.02. The lowest BCUT2D eigenvalue weighted by Gasteiger charge is -2.23. The van der Waals surface area contributed by atoms with Crippen molar-refractivity contribution >= 4 is 23.2 Å². The van der Waals surface area contributed by atoms with E-state index in [-0.39, 0.29) is 17.7 Å². The van der Waals surface area contributed by atoms with Gasteiger partial charge in [0, 0.05) is 18.0 Å². The highest BCUT2D eigenvalue weighted by atomic mass is 32.1. The smallest absolute Gasteiger partial charge is 0.243 e. The van der Waals surface area contributed by atoms with E-state index in [1.807, 2.05) is 12.3 Å². The summed E-state index contributed by atoms with van der Waals surface area (Å²) in [7, 11) is 0. The van der Waals surface area contributed by atoms with Crippen LogP contribution >= 0.6 is 11.3 Å². The van der Waals surface area contributed by atoms with Crippen LogP contribution in [0.3, 0.4) is 0 Å². The number of hydrogen-bond donors (Lipinski definition) is 2. The van der Waals surface area contributed by atoms with Crippen molar-refractivity contribution in [2.75, 3.05) is 0 Å². The number of amides is 2. The molecule has 1 fully saturated rings. The van der Waals surface area contributed by atoms with Crippen molar-refractivity contribution in [2.24, 2.45) is 5.92 Å². The van der Waals surface area contributed by atoms with Crippen molar-refractivity contribution in [2.45, 2.75) is 52.1 Å². The fourth-order valence-electron chi connectivity index (χ4n) is 2.66. The molecule has 1 heterocycles. The summed E-state index contributed by atoms with van der Waals surface area (Å²) < 4.78 is 0. The molecule has 1 aliphatic rings. The van der Waals surface area contributed by atoms with Crippen LogP contribution in [0.25, 0.3) is 0 Å². The molecule has 5 nitrogen and oxygen atoms in total. The third-order valence-electron chi connectivity index (χ3n) is 3.59. The average Bonchev–Trinajstić information content (AvgIpc) is 3.04. The van der Waals surface area contributed by atoms with E-state index in [0.717, 1.165) is 36.4 Å². The van der Waals surface area contributed by atoms with Crippen LogP contribution in [0.2, 0.25) is 0 Å². The largest absolute Gasteiger partial charge is 0.348 e. The third-order valence-corrected chi connectivity index (χ3v) is 4.56. The Morgan fingerprint density at radius 2 is 2.15 bits per heavy atom. The Morgan fingerprint density at radius 3 is 2.70 bits per heavy atom. The Hall–Kier alpha value is -1.43. The number of rotatable bonds is 5. The standard InChI is InChI=1S/C14H21N3O2S/c1-9-8-20-12(16-9)7-15-14(19)13(17-10(2)18)11-5-3-4-6-11/h8,11,13H,3-7H2,1-2H3,(H,15,19)(H,17,18). The normalized spacial score (nSPS) is 16.9. The Kier molecular flexibility index (Phi) is 5.11. The zero-order chi connectivity index (χ0) is 14.5. The second-order valence-electron chi connectivity index (χ2n) is 5.32. The van der Waals surface area contributed by atoms with Gasteiger partial charge in [0.05, 0.1) is 6.54 Å². The van der Waals surface area contributed by atoms with Crippen molar-refractivity contribution < 1.29 is 9.59 Å². The quantitative estimate of drug-likeness (QED) is 0.869. The first-order valence-corrected chi connectivity index (χ1v) is 7.90. The van der Waals surface area contributed by atoms with E-state index >= 15 is 0 Å². The zero-order valence-corrected chi connectivity index (χ0v) is 12.8. The molecular formula is C14H21N3O2S. The lowest BCUT2D eigenvalue weighted by atomic mass is 9.97. The average molecular weight is 295 g/mol. The van der Waals surface area contributed by atoms with E-state index < -0.39 is 6.04 Å². The lowest BCUT2D eigenvalue weighted by Crippen LogP contribution is -2.49.